The molecule has 108 valence electrons. The van der Waals surface area contributed by atoms with Crippen LogP contribution in [0.3, 0.4) is 0 Å². The van der Waals surface area contributed by atoms with Crippen molar-refractivity contribution in [3.63, 3.8) is 0 Å². The summed E-state index contributed by atoms with van der Waals surface area (Å²) >= 11 is 0. The molecular formula is C16H28N2O. The monoisotopic (exact) mass is 264 g/mol. The lowest BCUT2D eigenvalue weighted by Gasteiger charge is -2.33. The number of rotatable bonds is 7. The fraction of sp³-hybridized carbons (Fsp3) is 0.750. The van der Waals surface area contributed by atoms with E-state index in [9.17, 15) is 0 Å². The molecule has 0 amide bonds. The average Bonchev–Trinajstić information content (AvgIpc) is 2.95. The van der Waals surface area contributed by atoms with Crippen LogP contribution in [0.2, 0.25) is 0 Å². The molecule has 1 N–H and O–H groups in total. The summed E-state index contributed by atoms with van der Waals surface area (Å²) in [6.07, 6.45) is 8.22. The lowest BCUT2D eigenvalue weighted by atomic mass is 10.0. The summed E-state index contributed by atoms with van der Waals surface area (Å²) < 4.78 is 5.48. The molecule has 0 spiro atoms. The Kier molecular flexibility index (Phi) is 5.93. The number of hydrogen-bond acceptors (Lipinski definition) is 3. The van der Waals surface area contributed by atoms with E-state index in [1.807, 2.05) is 6.07 Å². The van der Waals surface area contributed by atoms with Crippen molar-refractivity contribution in [1.82, 2.24) is 10.2 Å². The van der Waals surface area contributed by atoms with Crippen molar-refractivity contribution < 1.29 is 4.42 Å². The largest absolute Gasteiger partial charge is 0.468 e. The maximum atomic E-state index is 5.48. The maximum Gasteiger partial charge on any atom is 0.120 e. The molecule has 1 saturated heterocycles. The highest BCUT2D eigenvalue weighted by Gasteiger charge is 2.17. The Morgan fingerprint density at radius 3 is 3.05 bits per heavy atom. The molecule has 0 aliphatic carbocycles. The van der Waals surface area contributed by atoms with E-state index in [0.717, 1.165) is 24.8 Å². The molecule has 19 heavy (non-hydrogen) atoms. The molecule has 3 nitrogen and oxygen atoms in total. The molecule has 1 aliphatic rings. The van der Waals surface area contributed by atoms with Crippen LogP contribution in [0.1, 0.15) is 57.8 Å². The summed E-state index contributed by atoms with van der Waals surface area (Å²) in [5, 5.41) is 3.61. The third-order valence-electron chi connectivity index (χ3n) is 4.25. The zero-order valence-electron chi connectivity index (χ0n) is 12.4. The topological polar surface area (TPSA) is 28.4 Å². The Labute approximate surface area is 117 Å². The first-order valence-electron chi connectivity index (χ1n) is 7.82. The van der Waals surface area contributed by atoms with E-state index in [-0.39, 0.29) is 0 Å². The standard InChI is InChI=1S/C16H28N2O/c1-3-15(16-9-6-13-19-16)17-10-7-12-18-11-5-4-8-14(18)2/h6,9,13-15,17H,3-5,7-8,10-12H2,1-2H3. The normalized spacial score (nSPS) is 22.5. The van der Waals surface area contributed by atoms with Crippen molar-refractivity contribution in [2.45, 2.75) is 58.0 Å². The van der Waals surface area contributed by atoms with Crippen molar-refractivity contribution in [3.05, 3.63) is 24.2 Å². The molecule has 3 heteroatoms. The molecule has 2 heterocycles. The smallest absolute Gasteiger partial charge is 0.120 e. The van der Waals surface area contributed by atoms with Gasteiger partial charge in [0.2, 0.25) is 0 Å². The minimum Gasteiger partial charge on any atom is -0.468 e. The molecule has 1 aliphatic heterocycles. The Hall–Kier alpha value is -0.800. The average molecular weight is 264 g/mol. The zero-order valence-corrected chi connectivity index (χ0v) is 12.4. The van der Waals surface area contributed by atoms with E-state index < -0.39 is 0 Å². The number of likely N-dealkylation sites (tertiary alicyclic amines) is 1. The molecule has 2 unspecified atom stereocenters. The quantitative estimate of drug-likeness (QED) is 0.763. The van der Waals surface area contributed by atoms with Gasteiger partial charge >= 0.3 is 0 Å². The predicted molar refractivity (Wildman–Crippen MR) is 79.2 cm³/mol. The van der Waals surface area contributed by atoms with E-state index in [2.05, 4.69) is 30.1 Å². The van der Waals surface area contributed by atoms with Gasteiger partial charge in [0, 0.05) is 6.04 Å². The highest BCUT2D eigenvalue weighted by atomic mass is 16.3. The van der Waals surface area contributed by atoms with Crippen LogP contribution in [-0.2, 0) is 0 Å². The Morgan fingerprint density at radius 2 is 2.37 bits per heavy atom. The molecule has 2 rings (SSSR count). The minimum atomic E-state index is 0.369. The van der Waals surface area contributed by atoms with Gasteiger partial charge in [-0.05, 0) is 64.4 Å². The van der Waals surface area contributed by atoms with Crippen LogP contribution in [0.25, 0.3) is 0 Å². The van der Waals surface area contributed by atoms with Gasteiger partial charge in [-0.1, -0.05) is 13.3 Å². The number of furan rings is 1. The van der Waals surface area contributed by atoms with Gasteiger partial charge in [-0.15, -0.1) is 0 Å². The van der Waals surface area contributed by atoms with Crippen LogP contribution >= 0.6 is 0 Å². The van der Waals surface area contributed by atoms with E-state index in [1.54, 1.807) is 6.26 Å². The van der Waals surface area contributed by atoms with Gasteiger partial charge in [0.15, 0.2) is 0 Å². The lowest BCUT2D eigenvalue weighted by Crippen LogP contribution is -2.39. The highest BCUT2D eigenvalue weighted by Crippen LogP contribution is 2.18. The highest BCUT2D eigenvalue weighted by molar-refractivity contribution is 5.03. The number of nitrogens with zero attached hydrogens (tertiary/aromatic N) is 1. The maximum absolute atomic E-state index is 5.48. The Balaban J connectivity index is 1.65. The second-order valence-corrected chi connectivity index (χ2v) is 5.66. The molecule has 1 aromatic heterocycles. The van der Waals surface area contributed by atoms with Crippen LogP contribution in [-0.4, -0.2) is 30.6 Å². The first-order chi connectivity index (χ1) is 9.31. The van der Waals surface area contributed by atoms with Gasteiger partial charge in [0.25, 0.3) is 0 Å². The van der Waals surface area contributed by atoms with E-state index in [1.165, 1.54) is 38.8 Å². The van der Waals surface area contributed by atoms with Crippen LogP contribution in [0.5, 0.6) is 0 Å². The van der Waals surface area contributed by atoms with Crippen LogP contribution in [0.4, 0.5) is 0 Å². The summed E-state index contributed by atoms with van der Waals surface area (Å²) in [4.78, 5) is 2.64. The van der Waals surface area contributed by atoms with Gasteiger partial charge in [-0.2, -0.15) is 0 Å². The first-order valence-corrected chi connectivity index (χ1v) is 7.82. The number of nitrogens with one attached hydrogen (secondary N) is 1. The van der Waals surface area contributed by atoms with Crippen molar-refractivity contribution in [3.8, 4) is 0 Å². The van der Waals surface area contributed by atoms with Crippen LogP contribution in [0, 0.1) is 0 Å². The number of piperidine rings is 1. The van der Waals surface area contributed by atoms with Crippen LogP contribution in [0.15, 0.2) is 22.8 Å². The fourth-order valence-corrected chi connectivity index (χ4v) is 2.98. The lowest BCUT2D eigenvalue weighted by molar-refractivity contribution is 0.158. The number of hydrogen-bond donors (Lipinski definition) is 1. The first kappa shape index (κ1) is 14.6. The summed E-state index contributed by atoms with van der Waals surface area (Å²) in [6.45, 7) is 8.15. The summed E-state index contributed by atoms with van der Waals surface area (Å²) in [6, 6.07) is 5.18. The minimum absolute atomic E-state index is 0.369. The molecule has 0 saturated carbocycles. The van der Waals surface area contributed by atoms with Crippen molar-refractivity contribution in [2.75, 3.05) is 19.6 Å². The fourth-order valence-electron chi connectivity index (χ4n) is 2.98. The van der Waals surface area contributed by atoms with Gasteiger partial charge < -0.3 is 14.6 Å². The molecule has 2 atom stereocenters. The summed E-state index contributed by atoms with van der Waals surface area (Å²) in [5.41, 5.74) is 0. The molecule has 0 bridgehead atoms. The molecule has 1 aromatic rings. The van der Waals surface area contributed by atoms with Gasteiger partial charge in [-0.25, -0.2) is 0 Å². The van der Waals surface area contributed by atoms with Gasteiger partial charge in [-0.3, -0.25) is 0 Å². The Bertz CT molecular complexity index is 337. The molecule has 0 radical (unpaired) electrons. The SMILES string of the molecule is CCC(NCCCN1CCCCC1C)c1ccco1. The van der Waals surface area contributed by atoms with Gasteiger partial charge in [0.05, 0.1) is 12.3 Å². The molecular weight excluding hydrogens is 236 g/mol. The molecule has 0 aromatic carbocycles. The van der Waals surface area contributed by atoms with E-state index in [4.69, 9.17) is 4.42 Å². The van der Waals surface area contributed by atoms with Crippen molar-refractivity contribution in [1.29, 1.82) is 0 Å². The van der Waals surface area contributed by atoms with E-state index >= 15 is 0 Å². The predicted octanol–water partition coefficient (Wildman–Crippen LogP) is 3.58. The zero-order chi connectivity index (χ0) is 13.5. The Morgan fingerprint density at radius 1 is 1.47 bits per heavy atom. The van der Waals surface area contributed by atoms with Crippen molar-refractivity contribution >= 4 is 0 Å². The third-order valence-corrected chi connectivity index (χ3v) is 4.25. The van der Waals surface area contributed by atoms with Crippen molar-refractivity contribution in [2.24, 2.45) is 0 Å². The summed E-state index contributed by atoms with van der Waals surface area (Å²) in [7, 11) is 0. The van der Waals surface area contributed by atoms with E-state index in [0.29, 0.717) is 6.04 Å². The second kappa shape index (κ2) is 7.71. The third kappa shape index (κ3) is 4.36. The molecule has 1 fully saturated rings. The summed E-state index contributed by atoms with van der Waals surface area (Å²) in [5.74, 6) is 1.06. The van der Waals surface area contributed by atoms with Crippen LogP contribution < -0.4 is 5.32 Å². The van der Waals surface area contributed by atoms with Gasteiger partial charge in [0.1, 0.15) is 5.76 Å². The second-order valence-electron chi connectivity index (χ2n) is 5.66.